The molecule has 0 aliphatic heterocycles. The quantitative estimate of drug-likeness (QED) is 0.796. The van der Waals surface area contributed by atoms with Crippen molar-refractivity contribution < 1.29 is 4.74 Å². The summed E-state index contributed by atoms with van der Waals surface area (Å²) in [6, 6.07) is 2.81. The fourth-order valence-electron chi connectivity index (χ4n) is 2.02. The zero-order valence-corrected chi connectivity index (χ0v) is 11.6. The normalized spacial score (nSPS) is 15.1. The zero-order chi connectivity index (χ0) is 13.0. The van der Waals surface area contributed by atoms with E-state index in [4.69, 9.17) is 4.74 Å². The van der Waals surface area contributed by atoms with Crippen LogP contribution in [0.4, 0.5) is 0 Å². The molecule has 4 nitrogen and oxygen atoms in total. The van der Waals surface area contributed by atoms with Gasteiger partial charge in [-0.25, -0.2) is 0 Å². The van der Waals surface area contributed by atoms with Crippen LogP contribution < -0.4 is 10.1 Å². The van der Waals surface area contributed by atoms with Gasteiger partial charge in [0.2, 0.25) is 0 Å². The molecule has 18 heavy (non-hydrogen) atoms. The summed E-state index contributed by atoms with van der Waals surface area (Å²) in [4.78, 5) is 6.69. The molecule has 2 rings (SSSR count). The molecule has 1 heterocycles. The van der Waals surface area contributed by atoms with Gasteiger partial charge in [0.15, 0.2) is 0 Å². The molecule has 1 N–H and O–H groups in total. The molecule has 1 aromatic rings. The van der Waals surface area contributed by atoms with Crippen molar-refractivity contribution in [2.24, 2.45) is 0 Å². The van der Waals surface area contributed by atoms with E-state index in [1.54, 1.807) is 0 Å². The second-order valence-corrected chi connectivity index (χ2v) is 5.02. The predicted octanol–water partition coefficient (Wildman–Crippen LogP) is 1.58. The van der Waals surface area contributed by atoms with E-state index in [0.717, 1.165) is 42.7 Å². The highest BCUT2D eigenvalue weighted by Gasteiger charge is 2.25. The van der Waals surface area contributed by atoms with Gasteiger partial charge in [0.25, 0.3) is 0 Å². The molecule has 1 aliphatic carbocycles. The van der Waals surface area contributed by atoms with Crippen LogP contribution in [0.15, 0.2) is 12.3 Å². The Morgan fingerprint density at radius 3 is 2.94 bits per heavy atom. The summed E-state index contributed by atoms with van der Waals surface area (Å²) < 4.78 is 5.90. The first kappa shape index (κ1) is 13.3. The molecule has 0 saturated heterocycles. The van der Waals surface area contributed by atoms with Gasteiger partial charge < -0.3 is 15.0 Å². The topological polar surface area (TPSA) is 37.4 Å². The van der Waals surface area contributed by atoms with Gasteiger partial charge in [0, 0.05) is 42.7 Å². The van der Waals surface area contributed by atoms with E-state index in [0.29, 0.717) is 0 Å². The Labute approximate surface area is 109 Å². The van der Waals surface area contributed by atoms with Gasteiger partial charge in [-0.2, -0.15) is 0 Å². The van der Waals surface area contributed by atoms with Crippen LogP contribution in [-0.4, -0.2) is 43.2 Å². The van der Waals surface area contributed by atoms with Crippen molar-refractivity contribution in [2.45, 2.75) is 32.4 Å². The zero-order valence-electron chi connectivity index (χ0n) is 11.6. The Kier molecular flexibility index (Phi) is 4.55. The number of aromatic nitrogens is 1. The van der Waals surface area contributed by atoms with Crippen LogP contribution in [0.25, 0.3) is 0 Å². The van der Waals surface area contributed by atoms with E-state index >= 15 is 0 Å². The van der Waals surface area contributed by atoms with Crippen molar-refractivity contribution in [3.8, 4) is 5.75 Å². The Balaban J connectivity index is 1.88. The van der Waals surface area contributed by atoms with Crippen LogP contribution in [0.3, 0.4) is 0 Å². The highest BCUT2D eigenvalue weighted by molar-refractivity contribution is 5.32. The summed E-state index contributed by atoms with van der Waals surface area (Å²) in [5, 5.41) is 3.14. The lowest BCUT2D eigenvalue weighted by Crippen LogP contribution is -2.26. The minimum absolute atomic E-state index is 0.743. The van der Waals surface area contributed by atoms with Crippen LogP contribution in [0.1, 0.15) is 24.1 Å². The number of rotatable bonds is 7. The summed E-state index contributed by atoms with van der Waals surface area (Å²) in [6.07, 6.45) is 4.58. The summed E-state index contributed by atoms with van der Waals surface area (Å²) >= 11 is 0. The molecule has 1 saturated carbocycles. The van der Waals surface area contributed by atoms with Crippen molar-refractivity contribution in [3.63, 3.8) is 0 Å². The smallest absolute Gasteiger partial charge is 0.127 e. The van der Waals surface area contributed by atoms with Gasteiger partial charge in [-0.05, 0) is 33.9 Å². The Morgan fingerprint density at radius 2 is 2.28 bits per heavy atom. The standard InChI is InChI=1S/C14H23N3O/c1-11-8-14(12(9-15-2)10-16-11)18-7-6-17(3)13-4-5-13/h8,10,13,15H,4-7,9H2,1-3H3. The van der Waals surface area contributed by atoms with E-state index in [2.05, 4.69) is 22.2 Å². The van der Waals surface area contributed by atoms with Gasteiger partial charge in [-0.15, -0.1) is 0 Å². The first-order chi connectivity index (χ1) is 8.70. The van der Waals surface area contributed by atoms with Crippen molar-refractivity contribution in [2.75, 3.05) is 27.2 Å². The van der Waals surface area contributed by atoms with Crippen LogP contribution in [0.5, 0.6) is 5.75 Å². The maximum atomic E-state index is 5.90. The first-order valence-corrected chi connectivity index (χ1v) is 6.64. The largest absolute Gasteiger partial charge is 0.492 e. The number of ether oxygens (including phenoxy) is 1. The van der Waals surface area contributed by atoms with Crippen molar-refractivity contribution in [3.05, 3.63) is 23.5 Å². The van der Waals surface area contributed by atoms with Gasteiger partial charge >= 0.3 is 0 Å². The number of hydrogen-bond donors (Lipinski definition) is 1. The molecular weight excluding hydrogens is 226 g/mol. The average Bonchev–Trinajstić information content (AvgIpc) is 3.16. The Bertz CT molecular complexity index is 391. The van der Waals surface area contributed by atoms with Gasteiger partial charge in [0.1, 0.15) is 12.4 Å². The summed E-state index contributed by atoms with van der Waals surface area (Å²) in [5.41, 5.74) is 2.12. The van der Waals surface area contributed by atoms with E-state index in [1.165, 1.54) is 12.8 Å². The van der Waals surface area contributed by atoms with Crippen LogP contribution in [-0.2, 0) is 6.54 Å². The van der Waals surface area contributed by atoms with Crippen LogP contribution >= 0.6 is 0 Å². The lowest BCUT2D eigenvalue weighted by molar-refractivity contribution is 0.230. The molecule has 0 aromatic carbocycles. The van der Waals surface area contributed by atoms with Crippen LogP contribution in [0.2, 0.25) is 0 Å². The third-order valence-corrected chi connectivity index (χ3v) is 3.32. The molecule has 1 aromatic heterocycles. The van der Waals surface area contributed by atoms with E-state index < -0.39 is 0 Å². The highest BCUT2D eigenvalue weighted by atomic mass is 16.5. The Morgan fingerprint density at radius 1 is 1.50 bits per heavy atom. The lowest BCUT2D eigenvalue weighted by Gasteiger charge is -2.17. The van der Waals surface area contributed by atoms with Gasteiger partial charge in [-0.3, -0.25) is 4.98 Å². The van der Waals surface area contributed by atoms with E-state index in [9.17, 15) is 0 Å². The summed E-state index contributed by atoms with van der Waals surface area (Å²) in [6.45, 7) is 4.52. The van der Waals surface area contributed by atoms with E-state index in [-0.39, 0.29) is 0 Å². The molecular formula is C14H23N3O. The minimum atomic E-state index is 0.743. The van der Waals surface area contributed by atoms with Gasteiger partial charge in [0.05, 0.1) is 0 Å². The summed E-state index contributed by atoms with van der Waals surface area (Å²) in [5.74, 6) is 0.959. The summed E-state index contributed by atoms with van der Waals surface area (Å²) in [7, 11) is 4.11. The number of aryl methyl sites for hydroxylation is 1. The maximum absolute atomic E-state index is 5.90. The second-order valence-electron chi connectivity index (χ2n) is 5.02. The maximum Gasteiger partial charge on any atom is 0.127 e. The number of likely N-dealkylation sites (N-methyl/N-ethyl adjacent to an activating group) is 1. The second kappa shape index (κ2) is 6.16. The third-order valence-electron chi connectivity index (χ3n) is 3.32. The van der Waals surface area contributed by atoms with Crippen molar-refractivity contribution in [1.82, 2.24) is 15.2 Å². The fourth-order valence-corrected chi connectivity index (χ4v) is 2.02. The molecule has 0 atom stereocenters. The number of pyridine rings is 1. The number of nitrogens with one attached hydrogen (secondary N) is 1. The Hall–Kier alpha value is -1.13. The molecule has 0 bridgehead atoms. The average molecular weight is 249 g/mol. The third kappa shape index (κ3) is 3.68. The lowest BCUT2D eigenvalue weighted by atomic mass is 10.2. The first-order valence-electron chi connectivity index (χ1n) is 6.64. The number of hydrogen-bond acceptors (Lipinski definition) is 4. The monoisotopic (exact) mass is 249 g/mol. The molecule has 0 amide bonds. The van der Waals surface area contributed by atoms with Crippen molar-refractivity contribution in [1.29, 1.82) is 0 Å². The van der Waals surface area contributed by atoms with Gasteiger partial charge in [-0.1, -0.05) is 0 Å². The minimum Gasteiger partial charge on any atom is -0.492 e. The van der Waals surface area contributed by atoms with E-state index in [1.807, 2.05) is 26.2 Å². The fraction of sp³-hybridized carbons (Fsp3) is 0.643. The molecule has 1 aliphatic rings. The number of nitrogens with zero attached hydrogens (tertiary/aromatic N) is 2. The van der Waals surface area contributed by atoms with Crippen molar-refractivity contribution >= 4 is 0 Å². The molecule has 4 heteroatoms. The highest BCUT2D eigenvalue weighted by Crippen LogP contribution is 2.25. The SMILES string of the molecule is CNCc1cnc(C)cc1OCCN(C)C1CC1. The molecule has 0 unspecified atom stereocenters. The molecule has 1 fully saturated rings. The van der Waals surface area contributed by atoms with Crippen LogP contribution in [0, 0.1) is 6.92 Å². The molecule has 0 spiro atoms. The molecule has 100 valence electrons. The molecule has 0 radical (unpaired) electrons. The predicted molar refractivity (Wildman–Crippen MR) is 72.9 cm³/mol.